The first kappa shape index (κ1) is 20.3. The van der Waals surface area contributed by atoms with Crippen molar-refractivity contribution in [1.29, 1.82) is 0 Å². The number of rotatable bonds is 5. The van der Waals surface area contributed by atoms with Crippen LogP contribution in [0.3, 0.4) is 0 Å². The minimum absolute atomic E-state index is 0.119. The molecular weight excluding hydrogens is 383 g/mol. The van der Waals surface area contributed by atoms with Crippen molar-refractivity contribution in [2.45, 2.75) is 37.6 Å². The van der Waals surface area contributed by atoms with Crippen LogP contribution in [0.2, 0.25) is 0 Å². The standard InChI is InChI=1S/C20H23FN2O4S/c1-13-6-8-15(21)11-17(13)22-20(24)18-5-4-10-23(18)28(25,26)19-12-16(27-3)9-7-14(19)2/h6-9,11-12,18H,4-5,10H2,1-3H3,(H,22,24)/t18-/m0/s1. The molecule has 1 aliphatic rings. The number of halogens is 1. The predicted octanol–water partition coefficient (Wildman–Crippen LogP) is 3.24. The Morgan fingerprint density at radius 3 is 2.61 bits per heavy atom. The second-order valence-corrected chi connectivity index (χ2v) is 8.71. The largest absolute Gasteiger partial charge is 0.497 e. The zero-order valence-corrected chi connectivity index (χ0v) is 16.8. The number of aryl methyl sites for hydroxylation is 2. The van der Waals surface area contributed by atoms with Crippen molar-refractivity contribution in [3.8, 4) is 5.75 Å². The molecule has 1 heterocycles. The molecule has 8 heteroatoms. The van der Waals surface area contributed by atoms with Gasteiger partial charge in [-0.25, -0.2) is 12.8 Å². The summed E-state index contributed by atoms with van der Waals surface area (Å²) >= 11 is 0. The van der Waals surface area contributed by atoms with Gasteiger partial charge < -0.3 is 10.1 Å². The lowest BCUT2D eigenvalue weighted by molar-refractivity contribution is -0.119. The van der Waals surface area contributed by atoms with Crippen molar-refractivity contribution in [2.75, 3.05) is 19.0 Å². The van der Waals surface area contributed by atoms with E-state index in [9.17, 15) is 17.6 Å². The first-order valence-corrected chi connectivity index (χ1v) is 10.4. The molecule has 1 atom stereocenters. The van der Waals surface area contributed by atoms with E-state index >= 15 is 0 Å². The topological polar surface area (TPSA) is 75.7 Å². The molecule has 28 heavy (non-hydrogen) atoms. The Labute approximate surface area is 164 Å². The van der Waals surface area contributed by atoms with E-state index in [1.54, 1.807) is 32.0 Å². The molecule has 0 bridgehead atoms. The predicted molar refractivity (Wildman–Crippen MR) is 104 cm³/mol. The number of anilines is 1. The molecule has 3 rings (SSSR count). The fourth-order valence-electron chi connectivity index (χ4n) is 3.35. The fourth-order valence-corrected chi connectivity index (χ4v) is 5.24. The molecule has 0 aromatic heterocycles. The second-order valence-electron chi connectivity index (χ2n) is 6.85. The van der Waals surface area contributed by atoms with Gasteiger partial charge in [-0.2, -0.15) is 4.31 Å². The van der Waals surface area contributed by atoms with Gasteiger partial charge in [-0.15, -0.1) is 0 Å². The number of hydrogen-bond donors (Lipinski definition) is 1. The average Bonchev–Trinajstić information content (AvgIpc) is 3.16. The number of sulfonamides is 1. The van der Waals surface area contributed by atoms with Gasteiger partial charge in [0.1, 0.15) is 17.6 Å². The summed E-state index contributed by atoms with van der Waals surface area (Å²) in [7, 11) is -2.42. The Bertz CT molecular complexity index is 1010. The monoisotopic (exact) mass is 406 g/mol. The van der Waals surface area contributed by atoms with Crippen molar-refractivity contribution in [3.63, 3.8) is 0 Å². The Morgan fingerprint density at radius 1 is 1.18 bits per heavy atom. The SMILES string of the molecule is COc1ccc(C)c(S(=O)(=O)N2CCC[C@H]2C(=O)Nc2cc(F)ccc2C)c1. The van der Waals surface area contributed by atoms with E-state index in [1.807, 2.05) is 0 Å². The zero-order chi connectivity index (χ0) is 20.5. The number of carbonyl (C=O) groups is 1. The smallest absolute Gasteiger partial charge is 0.244 e. The lowest BCUT2D eigenvalue weighted by atomic mass is 10.1. The zero-order valence-electron chi connectivity index (χ0n) is 16.0. The van der Waals surface area contributed by atoms with Crippen LogP contribution in [0.1, 0.15) is 24.0 Å². The minimum Gasteiger partial charge on any atom is -0.497 e. The van der Waals surface area contributed by atoms with Gasteiger partial charge >= 0.3 is 0 Å². The van der Waals surface area contributed by atoms with Gasteiger partial charge in [-0.05, 0) is 56.0 Å². The van der Waals surface area contributed by atoms with E-state index in [4.69, 9.17) is 4.74 Å². The Kier molecular flexibility index (Phi) is 5.71. The molecule has 0 radical (unpaired) electrons. The maximum atomic E-state index is 13.5. The summed E-state index contributed by atoms with van der Waals surface area (Å²) in [5.41, 5.74) is 1.62. The summed E-state index contributed by atoms with van der Waals surface area (Å²) in [6.45, 7) is 3.70. The van der Waals surface area contributed by atoms with Gasteiger partial charge in [-0.3, -0.25) is 4.79 Å². The number of nitrogens with one attached hydrogen (secondary N) is 1. The van der Waals surface area contributed by atoms with Crippen molar-refractivity contribution in [3.05, 3.63) is 53.3 Å². The van der Waals surface area contributed by atoms with Crippen molar-refractivity contribution in [2.24, 2.45) is 0 Å². The number of nitrogens with zero attached hydrogens (tertiary/aromatic N) is 1. The van der Waals surface area contributed by atoms with E-state index in [-0.39, 0.29) is 11.4 Å². The van der Waals surface area contributed by atoms with Gasteiger partial charge in [0.25, 0.3) is 0 Å². The second kappa shape index (κ2) is 7.89. The lowest BCUT2D eigenvalue weighted by Crippen LogP contribution is -2.43. The third-order valence-electron chi connectivity index (χ3n) is 4.95. The highest BCUT2D eigenvalue weighted by Crippen LogP contribution is 2.31. The van der Waals surface area contributed by atoms with E-state index in [1.165, 1.54) is 29.6 Å². The van der Waals surface area contributed by atoms with Gasteiger partial charge in [0.2, 0.25) is 15.9 Å². The van der Waals surface area contributed by atoms with Crippen LogP contribution in [0.25, 0.3) is 0 Å². The van der Waals surface area contributed by atoms with Crippen molar-refractivity contribution >= 4 is 21.6 Å². The minimum atomic E-state index is -3.89. The van der Waals surface area contributed by atoms with Crippen LogP contribution in [0.5, 0.6) is 5.75 Å². The lowest BCUT2D eigenvalue weighted by Gasteiger charge is -2.24. The van der Waals surface area contributed by atoms with Crippen LogP contribution in [-0.2, 0) is 14.8 Å². The van der Waals surface area contributed by atoms with Crippen LogP contribution in [0, 0.1) is 19.7 Å². The highest BCUT2D eigenvalue weighted by atomic mass is 32.2. The van der Waals surface area contributed by atoms with Crippen LogP contribution in [0.4, 0.5) is 10.1 Å². The molecule has 1 aliphatic heterocycles. The molecule has 150 valence electrons. The van der Waals surface area contributed by atoms with Crippen LogP contribution >= 0.6 is 0 Å². The van der Waals surface area contributed by atoms with Gasteiger partial charge in [0, 0.05) is 18.3 Å². The number of amides is 1. The Morgan fingerprint density at radius 2 is 1.89 bits per heavy atom. The fraction of sp³-hybridized carbons (Fsp3) is 0.350. The maximum Gasteiger partial charge on any atom is 0.244 e. The summed E-state index contributed by atoms with van der Waals surface area (Å²) in [5.74, 6) is -0.501. The van der Waals surface area contributed by atoms with Crippen LogP contribution in [-0.4, -0.2) is 38.3 Å². The number of hydrogen-bond acceptors (Lipinski definition) is 4. The summed E-state index contributed by atoms with van der Waals surface area (Å²) in [6.07, 6.45) is 0.977. The molecule has 0 unspecified atom stereocenters. The molecule has 0 aliphatic carbocycles. The summed E-state index contributed by atoms with van der Waals surface area (Å²) in [6, 6.07) is 8.08. The number of methoxy groups -OCH3 is 1. The maximum absolute atomic E-state index is 13.5. The van der Waals surface area contributed by atoms with Crippen LogP contribution in [0.15, 0.2) is 41.3 Å². The average molecular weight is 406 g/mol. The molecule has 1 amide bonds. The molecule has 1 N–H and O–H groups in total. The molecule has 0 spiro atoms. The number of benzene rings is 2. The quantitative estimate of drug-likeness (QED) is 0.827. The normalized spacial score (nSPS) is 17.5. The number of ether oxygens (including phenoxy) is 1. The van der Waals surface area contributed by atoms with E-state index in [2.05, 4.69) is 5.32 Å². The highest BCUT2D eigenvalue weighted by molar-refractivity contribution is 7.89. The number of carbonyl (C=O) groups excluding carboxylic acids is 1. The first-order chi connectivity index (χ1) is 13.2. The van der Waals surface area contributed by atoms with Gasteiger partial charge in [0.15, 0.2) is 0 Å². The Balaban J connectivity index is 1.89. The molecule has 1 saturated heterocycles. The first-order valence-electron chi connectivity index (χ1n) is 8.97. The molecule has 2 aromatic carbocycles. The summed E-state index contributed by atoms with van der Waals surface area (Å²) in [5, 5.41) is 2.67. The molecular formula is C20H23FN2O4S. The van der Waals surface area contributed by atoms with E-state index in [0.717, 1.165) is 0 Å². The van der Waals surface area contributed by atoms with E-state index < -0.39 is 27.8 Å². The van der Waals surface area contributed by atoms with Gasteiger partial charge in [-0.1, -0.05) is 12.1 Å². The molecule has 2 aromatic rings. The third kappa shape index (κ3) is 3.88. The summed E-state index contributed by atoms with van der Waals surface area (Å²) in [4.78, 5) is 12.9. The molecule has 0 saturated carbocycles. The molecule has 1 fully saturated rings. The van der Waals surface area contributed by atoms with Crippen LogP contribution < -0.4 is 10.1 Å². The molecule has 6 nitrogen and oxygen atoms in total. The highest BCUT2D eigenvalue weighted by Gasteiger charge is 2.40. The summed E-state index contributed by atoms with van der Waals surface area (Å²) < 4.78 is 46.4. The van der Waals surface area contributed by atoms with Crippen molar-refractivity contribution < 1.29 is 22.3 Å². The third-order valence-corrected chi connectivity index (χ3v) is 7.00. The Hall–Kier alpha value is -2.45. The van der Waals surface area contributed by atoms with E-state index in [0.29, 0.717) is 35.4 Å². The van der Waals surface area contributed by atoms with Gasteiger partial charge in [0.05, 0.1) is 12.0 Å². The van der Waals surface area contributed by atoms with Crippen molar-refractivity contribution in [1.82, 2.24) is 4.31 Å².